The van der Waals surface area contributed by atoms with Crippen LogP contribution in [0.1, 0.15) is 0 Å². The van der Waals surface area contributed by atoms with E-state index in [0.29, 0.717) is 0 Å². The molecule has 0 atom stereocenters. The molecule has 0 saturated carbocycles. The molecule has 0 rings (SSSR count). The maximum absolute atomic E-state index is 8.55. The summed E-state index contributed by atoms with van der Waals surface area (Å²) >= 11 is 0. The summed E-state index contributed by atoms with van der Waals surface area (Å²) in [6, 6.07) is 0. The van der Waals surface area contributed by atoms with Crippen LogP contribution < -0.4 is 14.7 Å². The second-order valence-electron chi connectivity index (χ2n) is 0.447. The Hall–Kier alpha value is 2.17. The van der Waals surface area contributed by atoms with Crippen LogP contribution in [0.3, 0.4) is 0 Å². The molecular weight excluding hydrogens is 171 g/mol. The average Bonchev–Trinajstić information content (AvgIpc) is 0.722. The van der Waals surface area contributed by atoms with Crippen LogP contribution in [-0.4, -0.2) is 63.5 Å². The van der Waals surface area contributed by atoms with E-state index in [1.54, 1.807) is 0 Å². The number of phosphoric acid groups is 1. The molecule has 0 aromatic carbocycles. The zero-order chi connectivity index (χ0) is 4.50. The molecule has 0 heterocycles. The summed E-state index contributed by atoms with van der Waals surface area (Å²) in [4.78, 5) is 25.6. The molecule has 0 spiro atoms. The van der Waals surface area contributed by atoms with Gasteiger partial charge >= 0.3 is 63.5 Å². The van der Waals surface area contributed by atoms with Crippen molar-refractivity contribution in [3.63, 3.8) is 0 Å². The fourth-order valence-electron chi connectivity index (χ4n) is 0. The Morgan fingerprint density at radius 2 is 1.00 bits per heavy atom. The first kappa shape index (κ1) is 22.5. The van der Waals surface area contributed by atoms with Crippen LogP contribution >= 0.6 is 7.82 Å². The summed E-state index contributed by atoms with van der Waals surface area (Å²) in [5.41, 5.74) is 0. The van der Waals surface area contributed by atoms with E-state index in [1.165, 1.54) is 0 Å². The molecule has 8 heavy (non-hydrogen) atoms. The Balaban J connectivity index is -0.0000000267. The largest absolute Gasteiger partial charge is 3.00 e. The van der Waals surface area contributed by atoms with Crippen LogP contribution in [0.2, 0.25) is 0 Å². The SMILES string of the molecule is O=P([O-])([O-])[O-].[Al+3].[Mg+2].[Mg+2]. The number of hydrogen-bond donors (Lipinski definition) is 0. The Labute approximate surface area is 89.7 Å². The third-order valence-corrected chi connectivity index (χ3v) is 0. The van der Waals surface area contributed by atoms with Crippen molar-refractivity contribution in [3.8, 4) is 0 Å². The molecule has 0 aliphatic rings. The van der Waals surface area contributed by atoms with Crippen molar-refractivity contribution in [2.45, 2.75) is 0 Å². The van der Waals surface area contributed by atoms with Gasteiger partial charge in [0.2, 0.25) is 0 Å². The molecule has 32 valence electrons. The van der Waals surface area contributed by atoms with E-state index in [0.717, 1.165) is 0 Å². The van der Waals surface area contributed by atoms with Gasteiger partial charge in [0.1, 0.15) is 0 Å². The van der Waals surface area contributed by atoms with Gasteiger partial charge in [-0.05, 0) is 0 Å². The average molecular weight is 171 g/mol. The quantitative estimate of drug-likeness (QED) is 0.274. The van der Waals surface area contributed by atoms with Crippen LogP contribution in [0, 0.1) is 0 Å². The number of hydrogen-bond acceptors (Lipinski definition) is 4. The molecular formula is AlMg2O4P+4. The van der Waals surface area contributed by atoms with Crippen LogP contribution in [0.5, 0.6) is 0 Å². The van der Waals surface area contributed by atoms with Gasteiger partial charge in [0.25, 0.3) is 0 Å². The molecule has 0 unspecified atom stereocenters. The summed E-state index contributed by atoms with van der Waals surface area (Å²) in [7, 11) is -5.39. The van der Waals surface area contributed by atoms with Crippen LogP contribution in [0.25, 0.3) is 0 Å². The Morgan fingerprint density at radius 1 is 1.00 bits per heavy atom. The van der Waals surface area contributed by atoms with E-state index in [9.17, 15) is 0 Å². The van der Waals surface area contributed by atoms with Crippen molar-refractivity contribution in [1.29, 1.82) is 0 Å². The van der Waals surface area contributed by atoms with Gasteiger partial charge in [-0.15, -0.1) is 0 Å². The topological polar surface area (TPSA) is 86.2 Å². The summed E-state index contributed by atoms with van der Waals surface area (Å²) in [5, 5.41) is 0. The fourth-order valence-corrected chi connectivity index (χ4v) is 0. The van der Waals surface area contributed by atoms with Gasteiger partial charge in [-0.2, -0.15) is 7.82 Å². The van der Waals surface area contributed by atoms with Gasteiger partial charge in [0.15, 0.2) is 0 Å². The molecule has 8 heteroatoms. The third kappa shape index (κ3) is 89.0. The molecule has 0 radical (unpaired) electrons. The van der Waals surface area contributed by atoms with Crippen molar-refractivity contribution < 1.29 is 19.2 Å². The number of rotatable bonds is 0. The monoisotopic (exact) mass is 170 g/mol. The Bertz CT molecular complexity index is 60.2. The molecule has 0 N–H and O–H groups in total. The maximum atomic E-state index is 8.55. The zero-order valence-corrected chi connectivity index (χ0v) is 8.95. The van der Waals surface area contributed by atoms with Gasteiger partial charge < -0.3 is 19.2 Å². The minimum absolute atomic E-state index is 0. The molecule has 0 aliphatic heterocycles. The van der Waals surface area contributed by atoms with Gasteiger partial charge in [-0.1, -0.05) is 0 Å². The Morgan fingerprint density at radius 3 is 1.00 bits per heavy atom. The second kappa shape index (κ2) is 9.17. The van der Waals surface area contributed by atoms with Crippen molar-refractivity contribution in [1.82, 2.24) is 0 Å². The molecule has 4 nitrogen and oxygen atoms in total. The predicted molar refractivity (Wildman–Crippen MR) is 24.9 cm³/mol. The van der Waals surface area contributed by atoms with Gasteiger partial charge in [-0.25, -0.2) is 0 Å². The van der Waals surface area contributed by atoms with E-state index in [-0.39, 0.29) is 63.5 Å². The standard InChI is InChI=1S/Al.2Mg.H3O4P/c;;;1-5(2,3)4/h;;;(H3,1,2,3,4)/q+3;2*+2;/p-3. The fraction of sp³-hybridized carbons (Fsp3) is 0. The molecule has 0 fully saturated rings. The van der Waals surface area contributed by atoms with E-state index < -0.39 is 7.82 Å². The van der Waals surface area contributed by atoms with Crippen molar-refractivity contribution in [3.05, 3.63) is 0 Å². The van der Waals surface area contributed by atoms with Crippen LogP contribution in [-0.2, 0) is 4.57 Å². The smallest absolute Gasteiger partial charge is 0.822 e. The first-order valence-corrected chi connectivity index (χ1v) is 2.19. The minimum Gasteiger partial charge on any atom is -0.822 e. The van der Waals surface area contributed by atoms with E-state index in [1.807, 2.05) is 0 Å². The van der Waals surface area contributed by atoms with E-state index in [2.05, 4.69) is 0 Å². The Kier molecular flexibility index (Phi) is 25.8. The normalized spacial score (nSPS) is 7.38. The summed E-state index contributed by atoms with van der Waals surface area (Å²) in [6.07, 6.45) is 0. The van der Waals surface area contributed by atoms with Gasteiger partial charge in [-0.3, -0.25) is 0 Å². The second-order valence-corrected chi connectivity index (χ2v) is 1.34. The van der Waals surface area contributed by atoms with Crippen molar-refractivity contribution >= 4 is 71.3 Å². The summed E-state index contributed by atoms with van der Waals surface area (Å²) < 4.78 is 8.55. The predicted octanol–water partition coefficient (Wildman–Crippen LogP) is -3.97. The third-order valence-electron chi connectivity index (χ3n) is 0. The molecule has 0 saturated heterocycles. The van der Waals surface area contributed by atoms with E-state index in [4.69, 9.17) is 19.2 Å². The molecule has 0 bridgehead atoms. The summed E-state index contributed by atoms with van der Waals surface area (Å²) in [6.45, 7) is 0. The maximum Gasteiger partial charge on any atom is 3.00 e. The first-order chi connectivity index (χ1) is 2.00. The zero-order valence-electron chi connectivity index (χ0n) is 4.07. The van der Waals surface area contributed by atoms with Crippen LogP contribution in [0.15, 0.2) is 0 Å². The summed E-state index contributed by atoms with van der Waals surface area (Å²) in [5.74, 6) is 0. The minimum atomic E-state index is -5.39. The van der Waals surface area contributed by atoms with Crippen LogP contribution in [0.4, 0.5) is 0 Å². The van der Waals surface area contributed by atoms with Crippen molar-refractivity contribution in [2.24, 2.45) is 0 Å². The molecule has 0 amide bonds. The molecule has 0 aliphatic carbocycles. The first-order valence-electron chi connectivity index (χ1n) is 0.730. The van der Waals surface area contributed by atoms with Crippen molar-refractivity contribution in [2.75, 3.05) is 0 Å². The van der Waals surface area contributed by atoms with E-state index >= 15 is 0 Å². The van der Waals surface area contributed by atoms with Gasteiger partial charge in [0, 0.05) is 0 Å². The molecule has 0 aromatic heterocycles. The van der Waals surface area contributed by atoms with Gasteiger partial charge in [0.05, 0.1) is 0 Å². The molecule has 0 aromatic rings.